The average molecular weight is 244 g/mol. The Hall–Kier alpha value is -1.90. The zero-order valence-electron chi connectivity index (χ0n) is 11.2. The van der Waals surface area contributed by atoms with Gasteiger partial charge in [-0.15, -0.1) is 0 Å². The predicted octanol–water partition coefficient (Wildman–Crippen LogP) is 2.72. The highest BCUT2D eigenvalue weighted by molar-refractivity contribution is 6.03. The van der Waals surface area contributed by atoms with Gasteiger partial charge in [0.2, 0.25) is 0 Å². The van der Waals surface area contributed by atoms with E-state index < -0.39 is 0 Å². The Morgan fingerprint density at radius 2 is 1.94 bits per heavy atom. The van der Waals surface area contributed by atoms with Crippen molar-refractivity contribution in [2.24, 2.45) is 16.6 Å². The Labute approximate surface area is 108 Å². The van der Waals surface area contributed by atoms with Gasteiger partial charge < -0.3 is 5.73 Å². The fourth-order valence-corrected chi connectivity index (χ4v) is 1.47. The molecule has 0 bridgehead atoms. The van der Waals surface area contributed by atoms with Crippen LogP contribution in [0.25, 0.3) is 0 Å². The maximum Gasteiger partial charge on any atom is 0.181 e. The number of carbonyl (C=O) groups excluding carboxylic acids is 1. The largest absolute Gasteiger partial charge is 0.396 e. The standard InChI is InChI=1S/C15H20N2O/c1-11(2)15(18)14(16)9-12(3)17-10-13-7-5-4-6-8-13/h4-9,11H,10,16H2,1-3H3. The number of nitrogens with two attached hydrogens (primary N) is 1. The third kappa shape index (κ3) is 4.53. The zero-order valence-corrected chi connectivity index (χ0v) is 11.2. The van der Waals surface area contributed by atoms with E-state index >= 15 is 0 Å². The van der Waals surface area contributed by atoms with E-state index in [0.717, 1.165) is 11.3 Å². The molecule has 0 atom stereocenters. The van der Waals surface area contributed by atoms with Gasteiger partial charge >= 0.3 is 0 Å². The third-order valence-electron chi connectivity index (χ3n) is 2.53. The second-order valence-corrected chi connectivity index (χ2v) is 4.56. The Kier molecular flexibility index (Phi) is 5.31. The van der Waals surface area contributed by atoms with Gasteiger partial charge in [0.1, 0.15) is 0 Å². The van der Waals surface area contributed by atoms with Crippen molar-refractivity contribution in [2.45, 2.75) is 27.3 Å². The third-order valence-corrected chi connectivity index (χ3v) is 2.53. The Morgan fingerprint density at radius 1 is 1.33 bits per heavy atom. The Bertz CT molecular complexity index is 459. The summed E-state index contributed by atoms with van der Waals surface area (Å²) in [4.78, 5) is 16.0. The summed E-state index contributed by atoms with van der Waals surface area (Å²) in [5.74, 6) is -0.118. The lowest BCUT2D eigenvalue weighted by atomic mass is 10.1. The summed E-state index contributed by atoms with van der Waals surface area (Å²) in [6, 6.07) is 9.96. The molecule has 0 saturated carbocycles. The number of allylic oxidation sites excluding steroid dienone is 2. The van der Waals surface area contributed by atoms with Crippen LogP contribution in [0.3, 0.4) is 0 Å². The van der Waals surface area contributed by atoms with Crippen LogP contribution in [0.4, 0.5) is 0 Å². The number of benzene rings is 1. The van der Waals surface area contributed by atoms with E-state index in [1.165, 1.54) is 0 Å². The van der Waals surface area contributed by atoms with E-state index in [1.54, 1.807) is 6.08 Å². The molecule has 0 spiro atoms. The van der Waals surface area contributed by atoms with Crippen molar-refractivity contribution < 1.29 is 4.79 Å². The van der Waals surface area contributed by atoms with Crippen LogP contribution in [0.15, 0.2) is 47.1 Å². The highest BCUT2D eigenvalue weighted by Crippen LogP contribution is 2.03. The SMILES string of the molecule is CC(C=C(N)C(=O)C(C)C)=NCc1ccccc1. The van der Waals surface area contributed by atoms with Gasteiger partial charge in [0.15, 0.2) is 5.78 Å². The smallest absolute Gasteiger partial charge is 0.181 e. The number of ketones is 1. The van der Waals surface area contributed by atoms with Crippen LogP contribution >= 0.6 is 0 Å². The van der Waals surface area contributed by atoms with Gasteiger partial charge in [0, 0.05) is 11.6 Å². The minimum atomic E-state index is -0.0804. The number of hydrogen-bond donors (Lipinski definition) is 1. The van der Waals surface area contributed by atoms with Gasteiger partial charge in [-0.2, -0.15) is 0 Å². The molecule has 3 nitrogen and oxygen atoms in total. The van der Waals surface area contributed by atoms with Crippen molar-refractivity contribution in [1.82, 2.24) is 0 Å². The van der Waals surface area contributed by atoms with Crippen LogP contribution in [0, 0.1) is 5.92 Å². The second-order valence-electron chi connectivity index (χ2n) is 4.56. The molecular formula is C15H20N2O. The minimum Gasteiger partial charge on any atom is -0.396 e. The van der Waals surface area contributed by atoms with Gasteiger partial charge in [-0.25, -0.2) is 0 Å². The Balaban J connectivity index is 2.68. The molecule has 0 saturated heterocycles. The summed E-state index contributed by atoms with van der Waals surface area (Å²) >= 11 is 0. The van der Waals surface area contributed by atoms with Gasteiger partial charge in [-0.3, -0.25) is 9.79 Å². The van der Waals surface area contributed by atoms with Crippen molar-refractivity contribution in [3.05, 3.63) is 47.7 Å². The molecule has 0 heterocycles. The number of aliphatic imine (C=N–C) groups is 1. The van der Waals surface area contributed by atoms with Crippen LogP contribution in [0.5, 0.6) is 0 Å². The van der Waals surface area contributed by atoms with Crippen LogP contribution in [0.2, 0.25) is 0 Å². The minimum absolute atomic E-state index is 0.0377. The summed E-state index contributed by atoms with van der Waals surface area (Å²) in [5.41, 5.74) is 7.90. The summed E-state index contributed by atoms with van der Waals surface area (Å²) in [5, 5.41) is 0. The first-order valence-electron chi connectivity index (χ1n) is 6.07. The van der Waals surface area contributed by atoms with Gasteiger partial charge in [0.05, 0.1) is 12.2 Å². The molecule has 0 aliphatic heterocycles. The molecule has 0 radical (unpaired) electrons. The van der Waals surface area contributed by atoms with E-state index in [-0.39, 0.29) is 17.4 Å². The molecule has 0 unspecified atom stereocenters. The number of nitrogens with zero attached hydrogens (tertiary/aromatic N) is 1. The number of carbonyl (C=O) groups is 1. The van der Waals surface area contributed by atoms with E-state index in [9.17, 15) is 4.79 Å². The lowest BCUT2D eigenvalue weighted by molar-refractivity contribution is -0.118. The normalized spacial score (nSPS) is 12.9. The molecule has 96 valence electrons. The molecule has 2 N–H and O–H groups in total. The maximum atomic E-state index is 11.6. The fourth-order valence-electron chi connectivity index (χ4n) is 1.47. The first-order chi connectivity index (χ1) is 8.50. The highest BCUT2D eigenvalue weighted by atomic mass is 16.1. The van der Waals surface area contributed by atoms with Crippen LogP contribution in [-0.4, -0.2) is 11.5 Å². The monoisotopic (exact) mass is 244 g/mol. The van der Waals surface area contributed by atoms with Gasteiger partial charge in [-0.1, -0.05) is 44.2 Å². The molecule has 1 aromatic rings. The number of rotatable bonds is 5. The first kappa shape index (κ1) is 14.2. The lowest BCUT2D eigenvalue weighted by Gasteiger charge is -2.04. The summed E-state index contributed by atoms with van der Waals surface area (Å²) in [6.45, 7) is 6.12. The molecule has 0 aromatic heterocycles. The van der Waals surface area contributed by atoms with Gasteiger partial charge in [0.25, 0.3) is 0 Å². The van der Waals surface area contributed by atoms with Crippen LogP contribution < -0.4 is 5.73 Å². The van der Waals surface area contributed by atoms with E-state index in [4.69, 9.17) is 5.73 Å². The summed E-state index contributed by atoms with van der Waals surface area (Å²) in [7, 11) is 0. The first-order valence-corrected chi connectivity index (χ1v) is 6.07. The Morgan fingerprint density at radius 3 is 2.50 bits per heavy atom. The fraction of sp³-hybridized carbons (Fsp3) is 0.333. The van der Waals surface area contributed by atoms with E-state index in [0.29, 0.717) is 6.54 Å². The second kappa shape index (κ2) is 6.74. The summed E-state index contributed by atoms with van der Waals surface area (Å²) < 4.78 is 0. The zero-order chi connectivity index (χ0) is 13.5. The van der Waals surface area contributed by atoms with Crippen molar-refractivity contribution in [3.63, 3.8) is 0 Å². The van der Waals surface area contributed by atoms with Crippen molar-refractivity contribution >= 4 is 11.5 Å². The molecule has 3 heteroatoms. The number of hydrogen-bond acceptors (Lipinski definition) is 3. The molecular weight excluding hydrogens is 224 g/mol. The summed E-state index contributed by atoms with van der Waals surface area (Å²) in [6.07, 6.45) is 1.64. The van der Waals surface area contributed by atoms with Gasteiger partial charge in [-0.05, 0) is 18.6 Å². The van der Waals surface area contributed by atoms with Crippen molar-refractivity contribution in [3.8, 4) is 0 Å². The van der Waals surface area contributed by atoms with E-state index in [1.807, 2.05) is 51.1 Å². The average Bonchev–Trinajstić information content (AvgIpc) is 2.36. The van der Waals surface area contributed by atoms with Crippen LogP contribution in [0.1, 0.15) is 26.3 Å². The number of Topliss-reactive ketones (excluding diaryl/α,β-unsaturated/α-hetero) is 1. The van der Waals surface area contributed by atoms with Crippen LogP contribution in [-0.2, 0) is 11.3 Å². The quantitative estimate of drug-likeness (QED) is 0.639. The molecule has 18 heavy (non-hydrogen) atoms. The molecule has 0 amide bonds. The molecule has 0 fully saturated rings. The van der Waals surface area contributed by atoms with Crippen molar-refractivity contribution in [1.29, 1.82) is 0 Å². The molecule has 0 aliphatic carbocycles. The maximum absolute atomic E-state index is 11.6. The molecule has 1 rings (SSSR count). The topological polar surface area (TPSA) is 55.5 Å². The lowest BCUT2D eigenvalue weighted by Crippen LogP contribution is -2.17. The molecule has 0 aliphatic rings. The van der Waals surface area contributed by atoms with Crippen molar-refractivity contribution in [2.75, 3.05) is 0 Å². The predicted molar refractivity (Wildman–Crippen MR) is 75.4 cm³/mol. The van der Waals surface area contributed by atoms with E-state index in [2.05, 4.69) is 4.99 Å². The molecule has 1 aromatic carbocycles. The highest BCUT2D eigenvalue weighted by Gasteiger charge is 2.09.